The minimum absolute atomic E-state index is 0.800. The van der Waals surface area contributed by atoms with Crippen LogP contribution < -0.4 is 10.1 Å². The first-order valence-corrected chi connectivity index (χ1v) is 6.68. The van der Waals surface area contributed by atoms with Crippen LogP contribution in [0.2, 0.25) is 0 Å². The molecule has 17 heavy (non-hydrogen) atoms. The van der Waals surface area contributed by atoms with Gasteiger partial charge in [0.25, 0.3) is 0 Å². The summed E-state index contributed by atoms with van der Waals surface area (Å²) in [5.74, 6) is 1.08. The lowest BCUT2D eigenvalue weighted by molar-refractivity contribution is -0.655. The van der Waals surface area contributed by atoms with Crippen molar-refractivity contribution in [1.29, 1.82) is 0 Å². The Balaban J connectivity index is 2.39. The smallest absolute Gasteiger partial charge is 0.137 e. The first kappa shape index (κ1) is 14.0. The number of nitrogens with two attached hydrogens (primary N) is 1. The number of aryl methyl sites for hydroxylation is 2. The number of hydrogen-bond donors (Lipinski definition) is 1. The fourth-order valence-electron chi connectivity index (χ4n) is 1.88. The molecule has 0 aliphatic rings. The highest BCUT2D eigenvalue weighted by atomic mass is 16.5. The van der Waals surface area contributed by atoms with Crippen LogP contribution in [0.4, 0.5) is 0 Å². The topological polar surface area (TPSA) is 25.8 Å². The molecule has 0 fully saturated rings. The van der Waals surface area contributed by atoms with Gasteiger partial charge in [-0.25, -0.2) is 0 Å². The predicted octanol–water partition coefficient (Wildman–Crippen LogP) is 2.35. The molecule has 0 aliphatic carbocycles. The molecule has 0 amide bonds. The molecular formula is C15H26NO+. The zero-order valence-corrected chi connectivity index (χ0v) is 11.7. The van der Waals surface area contributed by atoms with Crippen LogP contribution in [0.15, 0.2) is 12.1 Å². The van der Waals surface area contributed by atoms with E-state index < -0.39 is 0 Å². The first-order chi connectivity index (χ1) is 8.16. The Morgan fingerprint density at radius 3 is 2.47 bits per heavy atom. The van der Waals surface area contributed by atoms with Gasteiger partial charge in [-0.15, -0.1) is 0 Å². The molecule has 0 heterocycles. The van der Waals surface area contributed by atoms with Crippen molar-refractivity contribution in [2.24, 2.45) is 0 Å². The second-order valence-electron chi connectivity index (χ2n) is 4.72. The Labute approximate surface area is 105 Å². The highest BCUT2D eigenvalue weighted by Gasteiger charge is 2.06. The molecule has 0 unspecified atom stereocenters. The molecule has 2 nitrogen and oxygen atoms in total. The van der Waals surface area contributed by atoms with Crippen molar-refractivity contribution < 1.29 is 10.1 Å². The van der Waals surface area contributed by atoms with E-state index in [0.717, 1.165) is 18.9 Å². The molecule has 0 saturated heterocycles. The Morgan fingerprint density at radius 1 is 1.06 bits per heavy atom. The van der Waals surface area contributed by atoms with Crippen molar-refractivity contribution >= 4 is 0 Å². The van der Waals surface area contributed by atoms with Crippen LogP contribution in [0.25, 0.3) is 0 Å². The summed E-state index contributed by atoms with van der Waals surface area (Å²) in [6.45, 7) is 11.7. The molecular weight excluding hydrogens is 210 g/mol. The monoisotopic (exact) mass is 236 g/mol. The van der Waals surface area contributed by atoms with Gasteiger partial charge in [0, 0.05) is 0 Å². The van der Waals surface area contributed by atoms with Gasteiger partial charge in [0.1, 0.15) is 18.9 Å². The van der Waals surface area contributed by atoms with Crippen molar-refractivity contribution in [3.05, 3.63) is 28.8 Å². The molecule has 0 bridgehead atoms. The average Bonchev–Trinajstić information content (AvgIpc) is 2.32. The minimum Gasteiger partial charge on any atom is -0.487 e. The van der Waals surface area contributed by atoms with Gasteiger partial charge in [-0.2, -0.15) is 0 Å². The molecule has 0 saturated carbocycles. The van der Waals surface area contributed by atoms with Gasteiger partial charge in [-0.1, -0.05) is 25.5 Å². The number of quaternary nitrogens is 1. The molecule has 2 heteroatoms. The van der Waals surface area contributed by atoms with Crippen LogP contribution in [-0.4, -0.2) is 19.7 Å². The van der Waals surface area contributed by atoms with E-state index in [1.54, 1.807) is 0 Å². The first-order valence-electron chi connectivity index (χ1n) is 6.68. The average molecular weight is 236 g/mol. The van der Waals surface area contributed by atoms with E-state index in [4.69, 9.17) is 4.74 Å². The van der Waals surface area contributed by atoms with Gasteiger partial charge in [-0.3, -0.25) is 0 Å². The minimum atomic E-state index is 0.800. The van der Waals surface area contributed by atoms with E-state index in [-0.39, 0.29) is 0 Å². The quantitative estimate of drug-likeness (QED) is 0.723. The lowest BCUT2D eigenvalue weighted by Crippen LogP contribution is -2.85. The van der Waals surface area contributed by atoms with Crippen LogP contribution in [0.3, 0.4) is 0 Å². The number of hydrogen-bond acceptors (Lipinski definition) is 1. The Kier molecular flexibility index (Phi) is 6.06. The predicted molar refractivity (Wildman–Crippen MR) is 72.7 cm³/mol. The Hall–Kier alpha value is -1.02. The lowest BCUT2D eigenvalue weighted by Gasteiger charge is -2.13. The van der Waals surface area contributed by atoms with Crippen molar-refractivity contribution in [3.63, 3.8) is 0 Å². The van der Waals surface area contributed by atoms with Crippen LogP contribution >= 0.6 is 0 Å². The van der Waals surface area contributed by atoms with E-state index >= 15 is 0 Å². The summed E-state index contributed by atoms with van der Waals surface area (Å²) in [7, 11) is 0. The maximum Gasteiger partial charge on any atom is 0.137 e. The van der Waals surface area contributed by atoms with Crippen LogP contribution in [0, 0.1) is 20.8 Å². The van der Waals surface area contributed by atoms with E-state index in [1.165, 1.54) is 36.1 Å². The fraction of sp³-hybridized carbons (Fsp3) is 0.600. The van der Waals surface area contributed by atoms with E-state index in [0.29, 0.717) is 0 Å². The van der Waals surface area contributed by atoms with Gasteiger partial charge in [-0.05, 0) is 43.9 Å². The summed E-state index contributed by atoms with van der Waals surface area (Å²) in [5, 5.41) is 2.34. The summed E-state index contributed by atoms with van der Waals surface area (Å²) < 4.78 is 5.90. The number of unbranched alkanes of at least 4 members (excludes halogenated alkanes) is 1. The summed E-state index contributed by atoms with van der Waals surface area (Å²) in [4.78, 5) is 0. The molecule has 2 N–H and O–H groups in total. The molecule has 1 aromatic rings. The van der Waals surface area contributed by atoms with Gasteiger partial charge >= 0.3 is 0 Å². The Morgan fingerprint density at radius 2 is 1.76 bits per heavy atom. The summed E-state index contributed by atoms with van der Waals surface area (Å²) >= 11 is 0. The van der Waals surface area contributed by atoms with Gasteiger partial charge in [0.15, 0.2) is 0 Å². The van der Waals surface area contributed by atoms with E-state index in [9.17, 15) is 0 Å². The maximum absolute atomic E-state index is 5.90. The summed E-state index contributed by atoms with van der Waals surface area (Å²) in [5.41, 5.74) is 3.82. The van der Waals surface area contributed by atoms with Gasteiger partial charge in [0.2, 0.25) is 0 Å². The van der Waals surface area contributed by atoms with E-state index in [1.807, 2.05) is 0 Å². The number of benzene rings is 1. The van der Waals surface area contributed by atoms with Crippen molar-refractivity contribution in [2.75, 3.05) is 19.7 Å². The molecule has 96 valence electrons. The Bertz CT molecular complexity index is 347. The summed E-state index contributed by atoms with van der Waals surface area (Å²) in [6, 6.07) is 4.30. The fourth-order valence-corrected chi connectivity index (χ4v) is 1.88. The molecule has 0 atom stereocenters. The maximum atomic E-state index is 5.90. The third-order valence-corrected chi connectivity index (χ3v) is 3.20. The molecule has 0 aliphatic heterocycles. The lowest BCUT2D eigenvalue weighted by atomic mass is 10.1. The molecule has 0 spiro atoms. The highest BCUT2D eigenvalue weighted by Crippen LogP contribution is 2.25. The van der Waals surface area contributed by atoms with E-state index in [2.05, 4.69) is 45.1 Å². The second kappa shape index (κ2) is 7.33. The third kappa shape index (κ3) is 4.39. The van der Waals surface area contributed by atoms with Crippen molar-refractivity contribution in [2.45, 2.75) is 40.5 Å². The van der Waals surface area contributed by atoms with Crippen LogP contribution in [-0.2, 0) is 0 Å². The second-order valence-corrected chi connectivity index (χ2v) is 4.72. The summed E-state index contributed by atoms with van der Waals surface area (Å²) in [6.07, 6.45) is 2.57. The third-order valence-electron chi connectivity index (χ3n) is 3.20. The molecule has 0 radical (unpaired) electrons. The largest absolute Gasteiger partial charge is 0.487 e. The SMILES string of the molecule is CCCC[NH2+]CCOc1c(C)ccc(C)c1C. The van der Waals surface area contributed by atoms with Crippen LogP contribution in [0.5, 0.6) is 5.75 Å². The highest BCUT2D eigenvalue weighted by molar-refractivity contribution is 5.44. The van der Waals surface area contributed by atoms with Crippen molar-refractivity contribution in [1.82, 2.24) is 0 Å². The standard InChI is InChI=1S/C15H25NO/c1-5-6-9-16-10-11-17-15-13(3)8-7-12(2)14(15)4/h7-8,16H,5-6,9-11H2,1-4H3/p+1. The normalized spacial score (nSPS) is 10.6. The zero-order chi connectivity index (χ0) is 12.7. The molecule has 0 aromatic heterocycles. The van der Waals surface area contributed by atoms with Gasteiger partial charge in [0.05, 0.1) is 6.54 Å². The van der Waals surface area contributed by atoms with Crippen LogP contribution in [0.1, 0.15) is 36.5 Å². The zero-order valence-electron chi connectivity index (χ0n) is 11.7. The number of rotatable bonds is 7. The molecule has 1 rings (SSSR count). The van der Waals surface area contributed by atoms with Gasteiger partial charge < -0.3 is 10.1 Å². The molecule has 1 aromatic carbocycles. The van der Waals surface area contributed by atoms with Crippen molar-refractivity contribution in [3.8, 4) is 5.75 Å². The number of ether oxygens (including phenoxy) is 1.